The van der Waals surface area contributed by atoms with Crippen molar-refractivity contribution in [1.29, 1.82) is 0 Å². The van der Waals surface area contributed by atoms with Gasteiger partial charge in [0.1, 0.15) is 4.64 Å². The van der Waals surface area contributed by atoms with Gasteiger partial charge in [0.2, 0.25) is 0 Å². The second kappa shape index (κ2) is 3.80. The standard InChI is InChI=1S/C11H12N2S/c1-2-13-11(14)8-10(12-13)9-6-4-3-5-7-9/h3-8,12H,2H2,1H3. The number of aromatic amines is 1. The molecule has 1 aromatic heterocycles. The molecule has 0 aliphatic heterocycles. The second-order valence-corrected chi connectivity index (χ2v) is 3.54. The summed E-state index contributed by atoms with van der Waals surface area (Å²) in [6, 6.07) is 12.2. The molecule has 14 heavy (non-hydrogen) atoms. The highest BCUT2D eigenvalue weighted by molar-refractivity contribution is 7.71. The Balaban J connectivity index is 2.48. The van der Waals surface area contributed by atoms with Gasteiger partial charge in [-0.15, -0.1) is 0 Å². The molecule has 0 bridgehead atoms. The number of hydrogen-bond acceptors (Lipinski definition) is 1. The van der Waals surface area contributed by atoms with Crippen molar-refractivity contribution in [2.24, 2.45) is 0 Å². The van der Waals surface area contributed by atoms with Crippen LogP contribution in [0.5, 0.6) is 0 Å². The molecule has 2 nitrogen and oxygen atoms in total. The van der Waals surface area contributed by atoms with Crippen molar-refractivity contribution >= 4 is 12.2 Å². The molecule has 0 aliphatic carbocycles. The van der Waals surface area contributed by atoms with Gasteiger partial charge in [0.15, 0.2) is 0 Å². The van der Waals surface area contributed by atoms with E-state index in [1.807, 2.05) is 28.9 Å². The number of benzene rings is 1. The van der Waals surface area contributed by atoms with Crippen molar-refractivity contribution in [3.05, 3.63) is 41.0 Å². The third-order valence-electron chi connectivity index (χ3n) is 2.19. The number of hydrogen-bond donors (Lipinski definition) is 1. The molecule has 3 heteroatoms. The van der Waals surface area contributed by atoms with Crippen molar-refractivity contribution < 1.29 is 0 Å². The van der Waals surface area contributed by atoms with E-state index in [9.17, 15) is 0 Å². The minimum absolute atomic E-state index is 0.853. The number of aryl methyl sites for hydroxylation is 1. The SMILES string of the molecule is CCn1[nH]c(-c2ccccc2)cc1=S. The molecular formula is C11H12N2S. The number of H-pyrrole nitrogens is 1. The Bertz CT molecular complexity index is 468. The van der Waals surface area contributed by atoms with Crippen LogP contribution in [-0.4, -0.2) is 9.78 Å². The van der Waals surface area contributed by atoms with Crippen LogP contribution in [0.25, 0.3) is 11.3 Å². The minimum atomic E-state index is 0.853. The summed E-state index contributed by atoms with van der Waals surface area (Å²) >= 11 is 5.20. The summed E-state index contributed by atoms with van der Waals surface area (Å²) in [5.74, 6) is 0. The monoisotopic (exact) mass is 204 g/mol. The zero-order chi connectivity index (χ0) is 9.97. The molecule has 0 radical (unpaired) electrons. The average molecular weight is 204 g/mol. The molecule has 0 unspecified atom stereocenters. The summed E-state index contributed by atoms with van der Waals surface area (Å²) in [5.41, 5.74) is 2.25. The minimum Gasteiger partial charge on any atom is -0.297 e. The molecule has 2 rings (SSSR count). The normalized spacial score (nSPS) is 10.4. The quantitative estimate of drug-likeness (QED) is 0.745. The molecule has 0 saturated carbocycles. The van der Waals surface area contributed by atoms with Gasteiger partial charge in [-0.05, 0) is 18.6 Å². The number of rotatable bonds is 2. The van der Waals surface area contributed by atoms with Crippen molar-refractivity contribution in [2.45, 2.75) is 13.5 Å². The van der Waals surface area contributed by atoms with E-state index in [0.717, 1.165) is 16.9 Å². The highest BCUT2D eigenvalue weighted by Crippen LogP contribution is 2.16. The van der Waals surface area contributed by atoms with E-state index in [4.69, 9.17) is 12.2 Å². The van der Waals surface area contributed by atoms with E-state index in [-0.39, 0.29) is 0 Å². The summed E-state index contributed by atoms with van der Waals surface area (Å²) < 4.78 is 2.81. The number of nitrogens with zero attached hydrogens (tertiary/aromatic N) is 1. The zero-order valence-corrected chi connectivity index (χ0v) is 8.84. The van der Waals surface area contributed by atoms with Gasteiger partial charge in [0, 0.05) is 6.54 Å². The Morgan fingerprint density at radius 3 is 2.57 bits per heavy atom. The summed E-state index contributed by atoms with van der Waals surface area (Å²) in [6.07, 6.45) is 0. The maximum absolute atomic E-state index is 5.20. The third kappa shape index (κ3) is 1.63. The lowest BCUT2D eigenvalue weighted by Gasteiger charge is -1.98. The fourth-order valence-corrected chi connectivity index (χ4v) is 1.73. The molecule has 0 amide bonds. The lowest BCUT2D eigenvalue weighted by Crippen LogP contribution is -1.95. The predicted molar refractivity (Wildman–Crippen MR) is 60.7 cm³/mol. The van der Waals surface area contributed by atoms with Crippen LogP contribution in [0, 0.1) is 4.64 Å². The highest BCUT2D eigenvalue weighted by Gasteiger charge is 2.00. The Morgan fingerprint density at radius 2 is 2.00 bits per heavy atom. The van der Waals surface area contributed by atoms with E-state index < -0.39 is 0 Å². The Morgan fingerprint density at radius 1 is 1.29 bits per heavy atom. The first kappa shape index (κ1) is 9.21. The average Bonchev–Trinajstić information content (AvgIpc) is 2.61. The molecule has 1 N–H and O–H groups in total. The second-order valence-electron chi connectivity index (χ2n) is 3.12. The fraction of sp³-hybridized carbons (Fsp3) is 0.182. The van der Waals surface area contributed by atoms with Gasteiger partial charge in [0.25, 0.3) is 0 Å². The Labute approximate surface area is 88.2 Å². The number of aromatic nitrogens is 2. The van der Waals surface area contributed by atoms with Crippen molar-refractivity contribution in [1.82, 2.24) is 9.78 Å². The van der Waals surface area contributed by atoms with Crippen LogP contribution in [0.2, 0.25) is 0 Å². The van der Waals surface area contributed by atoms with Crippen LogP contribution in [0.3, 0.4) is 0 Å². The first-order chi connectivity index (χ1) is 6.81. The van der Waals surface area contributed by atoms with Crippen molar-refractivity contribution in [2.75, 3.05) is 0 Å². The molecule has 2 aromatic rings. The molecule has 0 fully saturated rings. The van der Waals surface area contributed by atoms with E-state index in [2.05, 4.69) is 24.2 Å². The number of nitrogens with one attached hydrogen (secondary N) is 1. The first-order valence-corrected chi connectivity index (χ1v) is 5.07. The maximum Gasteiger partial charge on any atom is 0.122 e. The molecule has 0 spiro atoms. The van der Waals surface area contributed by atoms with E-state index in [1.54, 1.807) is 0 Å². The smallest absolute Gasteiger partial charge is 0.122 e. The lowest BCUT2D eigenvalue weighted by molar-refractivity contribution is 0.653. The first-order valence-electron chi connectivity index (χ1n) is 4.66. The fourth-order valence-electron chi connectivity index (χ4n) is 1.43. The summed E-state index contributed by atoms with van der Waals surface area (Å²) in [4.78, 5) is 0. The Kier molecular flexibility index (Phi) is 2.50. The van der Waals surface area contributed by atoms with Crippen LogP contribution in [-0.2, 0) is 6.54 Å². The Hall–Kier alpha value is -1.35. The molecule has 1 heterocycles. The van der Waals surface area contributed by atoms with Gasteiger partial charge < -0.3 is 0 Å². The molecule has 0 aliphatic rings. The molecule has 1 aromatic carbocycles. The summed E-state index contributed by atoms with van der Waals surface area (Å²) in [6.45, 7) is 2.95. The van der Waals surface area contributed by atoms with Gasteiger partial charge in [-0.1, -0.05) is 42.5 Å². The topological polar surface area (TPSA) is 20.7 Å². The van der Waals surface area contributed by atoms with E-state index in [1.165, 1.54) is 5.56 Å². The highest BCUT2D eigenvalue weighted by atomic mass is 32.1. The molecule has 0 atom stereocenters. The van der Waals surface area contributed by atoms with Gasteiger partial charge in [-0.3, -0.25) is 9.78 Å². The van der Waals surface area contributed by atoms with Crippen LogP contribution < -0.4 is 0 Å². The van der Waals surface area contributed by atoms with Crippen LogP contribution in [0.4, 0.5) is 0 Å². The van der Waals surface area contributed by atoms with Crippen LogP contribution in [0.15, 0.2) is 36.4 Å². The third-order valence-corrected chi connectivity index (χ3v) is 2.53. The van der Waals surface area contributed by atoms with Crippen LogP contribution in [0.1, 0.15) is 6.92 Å². The zero-order valence-electron chi connectivity index (χ0n) is 8.03. The van der Waals surface area contributed by atoms with E-state index in [0.29, 0.717) is 0 Å². The largest absolute Gasteiger partial charge is 0.297 e. The van der Waals surface area contributed by atoms with Gasteiger partial charge in [-0.25, -0.2) is 0 Å². The van der Waals surface area contributed by atoms with Crippen molar-refractivity contribution in [3.8, 4) is 11.3 Å². The molecule has 72 valence electrons. The predicted octanol–water partition coefficient (Wildman–Crippen LogP) is 3.23. The summed E-state index contributed by atoms with van der Waals surface area (Å²) in [5, 5.41) is 3.26. The maximum atomic E-state index is 5.20. The van der Waals surface area contributed by atoms with Gasteiger partial charge >= 0.3 is 0 Å². The van der Waals surface area contributed by atoms with E-state index >= 15 is 0 Å². The van der Waals surface area contributed by atoms with Gasteiger partial charge in [0.05, 0.1) is 5.69 Å². The summed E-state index contributed by atoms with van der Waals surface area (Å²) in [7, 11) is 0. The van der Waals surface area contributed by atoms with Crippen molar-refractivity contribution in [3.63, 3.8) is 0 Å². The molecular weight excluding hydrogens is 192 g/mol. The lowest BCUT2D eigenvalue weighted by atomic mass is 10.2. The molecule has 0 saturated heterocycles. The van der Waals surface area contributed by atoms with Crippen LogP contribution >= 0.6 is 12.2 Å². The van der Waals surface area contributed by atoms with Gasteiger partial charge in [-0.2, -0.15) is 0 Å².